The maximum Gasteiger partial charge on any atom is 0.414 e. The number of likely N-dealkylation sites (tertiary alicyclic amines) is 2. The minimum atomic E-state index is -1.82. The molecule has 2 aromatic rings. The minimum Gasteiger partial charge on any atom is -0.473 e. The van der Waals surface area contributed by atoms with Crippen LogP contribution in [0.25, 0.3) is 0 Å². The van der Waals surface area contributed by atoms with Crippen LogP contribution in [0.2, 0.25) is 0 Å². The molecule has 0 saturated carbocycles. The van der Waals surface area contributed by atoms with Crippen molar-refractivity contribution >= 4 is 47.2 Å². The van der Waals surface area contributed by atoms with E-state index in [1.54, 1.807) is 0 Å². The van der Waals surface area contributed by atoms with Crippen molar-refractivity contribution in [3.05, 3.63) is 59.7 Å². The summed E-state index contributed by atoms with van der Waals surface area (Å²) in [7, 11) is 4.44. The molecular weight excluding hydrogens is 608 g/mol. The Kier molecular flexibility index (Phi) is 13.0. The van der Waals surface area contributed by atoms with Crippen molar-refractivity contribution in [2.24, 2.45) is 0 Å². The standard InChI is InChI=1S/2C12H16N2.3C2H2O4/c2*1-14-7-6-12(9-14)8-13-11-5-3-2-4-10(11)12;3*3-1(4)2(5)6/h2*2-5,13H,6-9H2,1H3;3*(H,3,4)(H,5,6). The number of likely N-dealkylation sites (N-methyl/N-ethyl adjacent to an activating group) is 2. The van der Waals surface area contributed by atoms with Gasteiger partial charge in [-0.3, -0.25) is 0 Å². The Labute approximate surface area is 263 Å². The van der Waals surface area contributed by atoms with Gasteiger partial charge < -0.3 is 51.1 Å². The summed E-state index contributed by atoms with van der Waals surface area (Å²) < 4.78 is 0. The van der Waals surface area contributed by atoms with Gasteiger partial charge in [0, 0.05) is 48.4 Å². The van der Waals surface area contributed by atoms with Crippen LogP contribution in [0.5, 0.6) is 0 Å². The maximum absolute atomic E-state index is 9.10. The zero-order chi connectivity index (χ0) is 34.7. The lowest BCUT2D eigenvalue weighted by molar-refractivity contribution is -0.159. The summed E-state index contributed by atoms with van der Waals surface area (Å²) in [5, 5.41) is 51.4. The van der Waals surface area contributed by atoms with E-state index in [0.717, 1.165) is 13.1 Å². The molecule has 2 spiro atoms. The van der Waals surface area contributed by atoms with Gasteiger partial charge in [0.05, 0.1) is 0 Å². The summed E-state index contributed by atoms with van der Waals surface area (Å²) in [6, 6.07) is 17.5. The second-order valence-electron chi connectivity index (χ2n) is 11.2. The van der Waals surface area contributed by atoms with Gasteiger partial charge in [0.2, 0.25) is 0 Å². The number of rotatable bonds is 0. The van der Waals surface area contributed by atoms with Gasteiger partial charge >= 0.3 is 35.8 Å². The number of nitrogens with zero attached hydrogens (tertiary/aromatic N) is 2. The number of carboxylic acids is 6. The first kappa shape index (κ1) is 37.0. The molecule has 4 aliphatic rings. The first-order valence-electron chi connectivity index (χ1n) is 14.0. The molecule has 46 heavy (non-hydrogen) atoms. The van der Waals surface area contributed by atoms with Crippen molar-refractivity contribution in [3.8, 4) is 0 Å². The highest BCUT2D eigenvalue weighted by atomic mass is 16.5. The number of carboxylic acid groups (broad SMARTS) is 6. The average molecular weight is 647 g/mol. The molecule has 250 valence electrons. The number of fused-ring (bicyclic) bond motifs is 4. The van der Waals surface area contributed by atoms with E-state index in [-0.39, 0.29) is 0 Å². The third-order valence-corrected chi connectivity index (χ3v) is 7.87. The van der Waals surface area contributed by atoms with Gasteiger partial charge in [-0.05, 0) is 63.3 Å². The molecule has 0 amide bonds. The summed E-state index contributed by atoms with van der Waals surface area (Å²) in [5.41, 5.74) is 6.58. The zero-order valence-electron chi connectivity index (χ0n) is 25.3. The molecule has 16 nitrogen and oxygen atoms in total. The van der Waals surface area contributed by atoms with Crippen LogP contribution in [0.4, 0.5) is 11.4 Å². The van der Waals surface area contributed by atoms with Gasteiger partial charge in [-0.1, -0.05) is 36.4 Å². The van der Waals surface area contributed by atoms with Crippen molar-refractivity contribution < 1.29 is 59.4 Å². The van der Waals surface area contributed by atoms with Crippen LogP contribution in [0.1, 0.15) is 24.0 Å². The normalized spacial score (nSPS) is 21.5. The monoisotopic (exact) mass is 646 g/mol. The molecule has 4 aliphatic heterocycles. The lowest BCUT2D eigenvalue weighted by Gasteiger charge is -2.22. The number of hydrogen-bond donors (Lipinski definition) is 8. The van der Waals surface area contributed by atoms with Crippen LogP contribution < -0.4 is 10.6 Å². The van der Waals surface area contributed by atoms with Gasteiger partial charge in [-0.15, -0.1) is 0 Å². The Morgan fingerprint density at radius 3 is 1.07 bits per heavy atom. The third-order valence-electron chi connectivity index (χ3n) is 7.87. The Morgan fingerprint density at radius 1 is 0.543 bits per heavy atom. The molecule has 2 saturated heterocycles. The summed E-state index contributed by atoms with van der Waals surface area (Å²) in [4.78, 5) is 59.5. The maximum atomic E-state index is 9.10. The van der Waals surface area contributed by atoms with E-state index >= 15 is 0 Å². The van der Waals surface area contributed by atoms with Crippen LogP contribution in [0.15, 0.2) is 48.5 Å². The van der Waals surface area contributed by atoms with Crippen LogP contribution in [0, 0.1) is 0 Å². The first-order chi connectivity index (χ1) is 21.5. The lowest BCUT2D eigenvalue weighted by atomic mass is 9.82. The third kappa shape index (κ3) is 9.90. The Hall–Kier alpha value is -5.22. The van der Waals surface area contributed by atoms with Crippen molar-refractivity contribution in [2.45, 2.75) is 23.7 Å². The van der Waals surface area contributed by atoms with Crippen LogP contribution in [0.3, 0.4) is 0 Å². The number of hydrogen-bond acceptors (Lipinski definition) is 10. The van der Waals surface area contributed by atoms with Crippen molar-refractivity contribution in [3.63, 3.8) is 0 Å². The molecule has 4 heterocycles. The van der Waals surface area contributed by atoms with Crippen molar-refractivity contribution in [2.75, 3.05) is 64.0 Å². The molecule has 2 unspecified atom stereocenters. The Balaban J connectivity index is 0.000000215. The molecule has 0 aromatic heterocycles. The number of carbonyl (C=O) groups is 6. The van der Waals surface area contributed by atoms with E-state index in [1.165, 1.54) is 61.5 Å². The molecule has 2 aromatic carbocycles. The number of para-hydroxylation sites is 2. The summed E-state index contributed by atoms with van der Waals surface area (Å²) in [6.45, 7) is 7.12. The van der Waals surface area contributed by atoms with Crippen molar-refractivity contribution in [1.29, 1.82) is 0 Å². The Bertz CT molecular complexity index is 1280. The molecule has 2 fully saturated rings. The van der Waals surface area contributed by atoms with Gasteiger partial charge in [-0.25, -0.2) is 28.8 Å². The molecule has 16 heteroatoms. The summed E-state index contributed by atoms with van der Waals surface area (Å²) in [5.74, 6) is -10.9. The van der Waals surface area contributed by atoms with Gasteiger partial charge in [-0.2, -0.15) is 0 Å². The highest BCUT2D eigenvalue weighted by Gasteiger charge is 2.43. The quantitative estimate of drug-likeness (QED) is 0.185. The highest BCUT2D eigenvalue weighted by Crippen LogP contribution is 2.43. The lowest BCUT2D eigenvalue weighted by Crippen LogP contribution is -2.31. The van der Waals surface area contributed by atoms with E-state index in [4.69, 9.17) is 59.4 Å². The number of anilines is 2. The van der Waals surface area contributed by atoms with E-state index < -0.39 is 35.8 Å². The predicted octanol–water partition coefficient (Wildman–Crippen LogP) is 0.838. The van der Waals surface area contributed by atoms with Gasteiger partial charge in [0.15, 0.2) is 0 Å². The second kappa shape index (κ2) is 16.2. The predicted molar refractivity (Wildman–Crippen MR) is 163 cm³/mol. The second-order valence-corrected chi connectivity index (χ2v) is 11.2. The van der Waals surface area contributed by atoms with E-state index in [9.17, 15) is 0 Å². The average Bonchev–Trinajstić information content (AvgIpc) is 3.77. The molecule has 0 radical (unpaired) electrons. The topological polar surface area (TPSA) is 254 Å². The molecule has 6 rings (SSSR count). The fourth-order valence-corrected chi connectivity index (χ4v) is 5.81. The molecule has 0 bridgehead atoms. The molecule has 2 atom stereocenters. The number of aliphatic carboxylic acids is 6. The minimum absolute atomic E-state index is 0.408. The first-order valence-corrected chi connectivity index (χ1v) is 14.0. The zero-order valence-corrected chi connectivity index (χ0v) is 25.3. The van der Waals surface area contributed by atoms with E-state index in [0.29, 0.717) is 10.8 Å². The van der Waals surface area contributed by atoms with Crippen LogP contribution >= 0.6 is 0 Å². The number of benzene rings is 2. The molecular formula is C30H38N4O12. The van der Waals surface area contributed by atoms with E-state index in [1.807, 2.05) is 0 Å². The SMILES string of the molecule is CN1CCC2(CNc3ccccc32)C1.CN1CCC2(CNc3ccccc32)C1.O=C(O)C(=O)O.O=C(O)C(=O)O.O=C(O)C(=O)O. The fourth-order valence-electron chi connectivity index (χ4n) is 5.81. The highest BCUT2D eigenvalue weighted by molar-refractivity contribution is 6.28. The van der Waals surface area contributed by atoms with Crippen molar-refractivity contribution in [1.82, 2.24) is 9.80 Å². The largest absolute Gasteiger partial charge is 0.473 e. The molecule has 8 N–H and O–H groups in total. The van der Waals surface area contributed by atoms with Crippen LogP contribution in [-0.2, 0) is 39.6 Å². The smallest absolute Gasteiger partial charge is 0.414 e. The van der Waals surface area contributed by atoms with Gasteiger partial charge in [0.1, 0.15) is 0 Å². The summed E-state index contributed by atoms with van der Waals surface area (Å²) in [6.07, 6.45) is 2.60. The number of nitrogens with one attached hydrogen (secondary N) is 2. The Morgan fingerprint density at radius 2 is 0.826 bits per heavy atom. The van der Waals surface area contributed by atoms with Gasteiger partial charge in [0.25, 0.3) is 0 Å². The summed E-state index contributed by atoms with van der Waals surface area (Å²) >= 11 is 0. The van der Waals surface area contributed by atoms with E-state index in [2.05, 4.69) is 83.1 Å². The van der Waals surface area contributed by atoms with Crippen LogP contribution in [-0.4, -0.2) is 130 Å². The molecule has 0 aliphatic carbocycles. The fraction of sp³-hybridized carbons (Fsp3) is 0.400.